The standard InChI is InChI=1S/C17H24FN3O3S/c1-25(23,24)21-10-7-17(8-11-21)6-3-9-20(13-17)16(22)19-15-5-2-4-14(18)12-15/h2,4-5,12H,3,6-11,13H2,1H3,(H,19,22). The summed E-state index contributed by atoms with van der Waals surface area (Å²) < 4.78 is 38.1. The molecule has 8 heteroatoms. The monoisotopic (exact) mass is 369 g/mol. The Morgan fingerprint density at radius 3 is 2.56 bits per heavy atom. The minimum atomic E-state index is -3.15. The number of rotatable bonds is 2. The smallest absolute Gasteiger partial charge is 0.321 e. The number of hydrogen-bond donors (Lipinski definition) is 1. The van der Waals surface area contributed by atoms with Crippen molar-refractivity contribution in [3.8, 4) is 0 Å². The van der Waals surface area contributed by atoms with Gasteiger partial charge in [0, 0.05) is 31.9 Å². The van der Waals surface area contributed by atoms with E-state index in [1.807, 2.05) is 0 Å². The van der Waals surface area contributed by atoms with Crippen LogP contribution < -0.4 is 5.32 Å². The summed E-state index contributed by atoms with van der Waals surface area (Å²) in [5.74, 6) is -0.388. The highest BCUT2D eigenvalue weighted by Crippen LogP contribution is 2.40. The fourth-order valence-electron chi connectivity index (χ4n) is 3.85. The molecule has 0 aromatic heterocycles. The van der Waals surface area contributed by atoms with E-state index in [0.717, 1.165) is 25.7 Å². The number of hydrogen-bond acceptors (Lipinski definition) is 3. The highest BCUT2D eigenvalue weighted by Gasteiger charge is 2.41. The molecule has 2 saturated heterocycles. The lowest BCUT2D eigenvalue weighted by Gasteiger charge is -2.47. The van der Waals surface area contributed by atoms with E-state index < -0.39 is 10.0 Å². The number of likely N-dealkylation sites (tertiary alicyclic amines) is 1. The lowest BCUT2D eigenvalue weighted by molar-refractivity contribution is 0.0627. The Bertz CT molecular complexity index is 745. The molecule has 1 aromatic carbocycles. The van der Waals surface area contributed by atoms with Gasteiger partial charge in [-0.3, -0.25) is 0 Å². The summed E-state index contributed by atoms with van der Waals surface area (Å²) in [6.07, 6.45) is 4.68. The topological polar surface area (TPSA) is 69.7 Å². The predicted molar refractivity (Wildman–Crippen MR) is 94.3 cm³/mol. The molecule has 1 spiro atoms. The molecule has 138 valence electrons. The average Bonchev–Trinajstić information content (AvgIpc) is 2.54. The van der Waals surface area contributed by atoms with Crippen molar-refractivity contribution in [2.24, 2.45) is 5.41 Å². The van der Waals surface area contributed by atoms with Crippen molar-refractivity contribution in [2.45, 2.75) is 25.7 Å². The van der Waals surface area contributed by atoms with Crippen LogP contribution in [-0.2, 0) is 10.0 Å². The van der Waals surface area contributed by atoms with Crippen LogP contribution in [0.5, 0.6) is 0 Å². The van der Waals surface area contributed by atoms with E-state index in [4.69, 9.17) is 0 Å². The van der Waals surface area contributed by atoms with Gasteiger partial charge in [-0.25, -0.2) is 21.9 Å². The van der Waals surface area contributed by atoms with Crippen LogP contribution in [0.25, 0.3) is 0 Å². The summed E-state index contributed by atoms with van der Waals surface area (Å²) >= 11 is 0. The molecular formula is C17H24FN3O3S. The van der Waals surface area contributed by atoms with Crippen molar-refractivity contribution >= 4 is 21.7 Å². The van der Waals surface area contributed by atoms with Gasteiger partial charge in [0.15, 0.2) is 0 Å². The van der Waals surface area contributed by atoms with E-state index in [9.17, 15) is 17.6 Å². The SMILES string of the molecule is CS(=O)(=O)N1CCC2(CCCN(C(=O)Nc3cccc(F)c3)C2)CC1. The van der Waals surface area contributed by atoms with E-state index in [0.29, 0.717) is 31.9 Å². The highest BCUT2D eigenvalue weighted by molar-refractivity contribution is 7.88. The van der Waals surface area contributed by atoms with E-state index in [1.54, 1.807) is 17.0 Å². The number of benzene rings is 1. The van der Waals surface area contributed by atoms with Gasteiger partial charge in [-0.05, 0) is 49.3 Å². The van der Waals surface area contributed by atoms with Gasteiger partial charge in [-0.2, -0.15) is 0 Å². The first-order valence-electron chi connectivity index (χ1n) is 8.54. The van der Waals surface area contributed by atoms with Gasteiger partial charge < -0.3 is 10.2 Å². The van der Waals surface area contributed by atoms with Crippen molar-refractivity contribution in [3.05, 3.63) is 30.1 Å². The number of anilines is 1. The molecule has 0 unspecified atom stereocenters. The van der Waals surface area contributed by atoms with Crippen molar-refractivity contribution in [3.63, 3.8) is 0 Å². The third kappa shape index (κ3) is 4.30. The number of nitrogens with zero attached hydrogens (tertiary/aromatic N) is 2. The van der Waals surface area contributed by atoms with Gasteiger partial charge >= 0.3 is 6.03 Å². The fourth-order valence-corrected chi connectivity index (χ4v) is 4.70. The molecule has 2 aliphatic heterocycles. The van der Waals surface area contributed by atoms with Crippen LogP contribution in [0.3, 0.4) is 0 Å². The second-order valence-corrected chi connectivity index (χ2v) is 9.11. The molecule has 0 atom stereocenters. The normalized spacial score (nSPS) is 21.3. The van der Waals surface area contributed by atoms with Crippen molar-refractivity contribution < 1.29 is 17.6 Å². The first-order chi connectivity index (χ1) is 11.8. The molecule has 2 aliphatic rings. The van der Waals surface area contributed by atoms with Crippen LogP contribution in [0.4, 0.5) is 14.9 Å². The maximum Gasteiger partial charge on any atom is 0.321 e. The van der Waals surface area contributed by atoms with E-state index in [-0.39, 0.29) is 17.3 Å². The van der Waals surface area contributed by atoms with Crippen LogP contribution in [0, 0.1) is 11.2 Å². The number of urea groups is 1. The number of piperidine rings is 2. The first kappa shape index (κ1) is 18.1. The molecule has 0 radical (unpaired) electrons. The molecule has 0 bridgehead atoms. The molecule has 0 aliphatic carbocycles. The van der Waals surface area contributed by atoms with Crippen LogP contribution in [-0.4, -0.2) is 56.1 Å². The summed E-state index contributed by atoms with van der Waals surface area (Å²) in [5, 5.41) is 2.75. The number of sulfonamides is 1. The Kier molecular flexibility index (Phi) is 5.02. The molecule has 3 rings (SSSR count). The lowest BCUT2D eigenvalue weighted by Crippen LogP contribution is -2.52. The van der Waals surface area contributed by atoms with Crippen molar-refractivity contribution in [1.82, 2.24) is 9.21 Å². The molecule has 0 saturated carbocycles. The third-order valence-corrected chi connectivity index (χ3v) is 6.58. The quantitative estimate of drug-likeness (QED) is 0.871. The van der Waals surface area contributed by atoms with Crippen LogP contribution in [0.1, 0.15) is 25.7 Å². The molecule has 6 nitrogen and oxygen atoms in total. The van der Waals surface area contributed by atoms with Crippen LogP contribution in [0.15, 0.2) is 24.3 Å². The zero-order valence-electron chi connectivity index (χ0n) is 14.4. The minimum Gasteiger partial charge on any atom is -0.324 e. The third-order valence-electron chi connectivity index (χ3n) is 5.28. The summed E-state index contributed by atoms with van der Waals surface area (Å²) in [6, 6.07) is 5.62. The van der Waals surface area contributed by atoms with Gasteiger partial charge in [-0.1, -0.05) is 6.07 Å². The summed E-state index contributed by atoms with van der Waals surface area (Å²) in [5.41, 5.74) is 0.426. The van der Waals surface area contributed by atoms with Gasteiger partial charge in [0.2, 0.25) is 10.0 Å². The Morgan fingerprint density at radius 1 is 1.20 bits per heavy atom. The maximum absolute atomic E-state index is 13.3. The lowest BCUT2D eigenvalue weighted by atomic mass is 9.73. The molecule has 1 N–H and O–H groups in total. The molecule has 2 heterocycles. The second kappa shape index (κ2) is 6.92. The van der Waals surface area contributed by atoms with E-state index >= 15 is 0 Å². The van der Waals surface area contributed by atoms with Gasteiger partial charge in [0.1, 0.15) is 5.82 Å². The molecule has 2 amide bonds. The fraction of sp³-hybridized carbons (Fsp3) is 0.588. The molecule has 1 aromatic rings. The summed E-state index contributed by atoms with van der Waals surface area (Å²) in [7, 11) is -3.15. The Balaban J connectivity index is 1.62. The number of amides is 2. The Hall–Kier alpha value is -1.67. The largest absolute Gasteiger partial charge is 0.324 e. The highest BCUT2D eigenvalue weighted by atomic mass is 32.2. The predicted octanol–water partition coefficient (Wildman–Crippen LogP) is 2.50. The summed E-state index contributed by atoms with van der Waals surface area (Å²) in [4.78, 5) is 14.3. The average molecular weight is 369 g/mol. The molecule has 25 heavy (non-hydrogen) atoms. The molecular weight excluding hydrogens is 345 g/mol. The second-order valence-electron chi connectivity index (χ2n) is 7.13. The van der Waals surface area contributed by atoms with E-state index in [2.05, 4.69) is 5.32 Å². The molecule has 2 fully saturated rings. The van der Waals surface area contributed by atoms with Crippen molar-refractivity contribution in [1.29, 1.82) is 0 Å². The van der Waals surface area contributed by atoms with Crippen LogP contribution in [0.2, 0.25) is 0 Å². The minimum absolute atomic E-state index is 0.0152. The Labute approximate surface area is 148 Å². The number of carbonyl (C=O) groups is 1. The van der Waals surface area contributed by atoms with E-state index in [1.165, 1.54) is 22.7 Å². The number of halogens is 1. The van der Waals surface area contributed by atoms with Crippen molar-refractivity contribution in [2.75, 3.05) is 37.8 Å². The van der Waals surface area contributed by atoms with Gasteiger partial charge in [0.05, 0.1) is 6.26 Å². The van der Waals surface area contributed by atoms with Gasteiger partial charge in [0.25, 0.3) is 0 Å². The summed E-state index contributed by atoms with van der Waals surface area (Å²) in [6.45, 7) is 2.31. The zero-order valence-corrected chi connectivity index (χ0v) is 15.2. The zero-order chi connectivity index (χ0) is 18.1. The number of carbonyl (C=O) groups excluding carboxylic acids is 1. The number of nitrogens with one attached hydrogen (secondary N) is 1. The Morgan fingerprint density at radius 2 is 1.92 bits per heavy atom. The first-order valence-corrected chi connectivity index (χ1v) is 10.4. The van der Waals surface area contributed by atoms with Crippen LogP contribution >= 0.6 is 0 Å². The van der Waals surface area contributed by atoms with Gasteiger partial charge in [-0.15, -0.1) is 0 Å². The maximum atomic E-state index is 13.3.